The smallest absolute Gasteiger partial charge is 0.481 e. The van der Waals surface area contributed by atoms with Crippen molar-refractivity contribution in [2.24, 2.45) is 47.2 Å². The van der Waals surface area contributed by atoms with Crippen LogP contribution in [0.25, 0.3) is 0 Å². The van der Waals surface area contributed by atoms with Gasteiger partial charge in [-0.15, -0.1) is 0 Å². The summed E-state index contributed by atoms with van der Waals surface area (Å²) in [6, 6.07) is -15.1. The van der Waals surface area contributed by atoms with E-state index in [1.54, 1.807) is 60.6 Å². The van der Waals surface area contributed by atoms with Gasteiger partial charge < -0.3 is 80.6 Å². The molecule has 1 rings (SSSR count). The van der Waals surface area contributed by atoms with Crippen LogP contribution in [-0.4, -0.2) is 258 Å². The summed E-state index contributed by atoms with van der Waals surface area (Å²) in [7, 11) is 9.45. The predicted octanol–water partition coefficient (Wildman–Crippen LogP) is 2.73. The second-order valence-corrected chi connectivity index (χ2v) is 28.4. The van der Waals surface area contributed by atoms with E-state index >= 15 is 19.2 Å². The molecule has 98 heavy (non-hydrogen) atoms. The van der Waals surface area contributed by atoms with Gasteiger partial charge in [-0.25, -0.2) is 4.79 Å². The van der Waals surface area contributed by atoms with Crippen LogP contribution in [0.4, 0.5) is 4.79 Å². The zero-order valence-corrected chi connectivity index (χ0v) is 62.6. The van der Waals surface area contributed by atoms with E-state index in [1.807, 2.05) is 55.4 Å². The van der Waals surface area contributed by atoms with Crippen molar-refractivity contribution < 1.29 is 86.4 Å². The highest BCUT2D eigenvalue weighted by atomic mass is 16.8. The minimum Gasteiger partial charge on any atom is -0.481 e. The maximum Gasteiger partial charge on any atom is 0.511 e. The Hall–Kier alpha value is -7.92. The number of likely N-dealkylation sites (N-methyl/N-ethyl adjacent to an activating group) is 7. The highest BCUT2D eigenvalue weighted by Gasteiger charge is 2.47. The summed E-state index contributed by atoms with van der Waals surface area (Å²) >= 11 is 0. The third-order valence-electron chi connectivity index (χ3n) is 17.3. The molecular formula is C68H118N12O18. The van der Waals surface area contributed by atoms with E-state index in [2.05, 4.69) is 21.3 Å². The molecule has 30 nitrogen and oxygen atoms in total. The van der Waals surface area contributed by atoms with Crippen LogP contribution in [0.3, 0.4) is 0 Å². The number of ether oxygens (including phenoxy) is 3. The van der Waals surface area contributed by atoms with Crippen molar-refractivity contribution in [3.05, 3.63) is 12.2 Å². The van der Waals surface area contributed by atoms with Gasteiger partial charge >= 0.3 is 18.1 Å². The number of amides is 11. The minimum atomic E-state index is -1.89. The fourth-order valence-corrected chi connectivity index (χ4v) is 11.5. The van der Waals surface area contributed by atoms with Crippen LogP contribution in [0.5, 0.6) is 0 Å². The van der Waals surface area contributed by atoms with Crippen LogP contribution in [0.2, 0.25) is 0 Å². The molecule has 0 aliphatic carbocycles. The van der Waals surface area contributed by atoms with E-state index in [4.69, 9.17) is 25.1 Å². The molecular weight excluding hydrogens is 1270 g/mol. The lowest BCUT2D eigenvalue weighted by Gasteiger charge is -2.42. The van der Waals surface area contributed by atoms with Crippen molar-refractivity contribution >= 4 is 83.1 Å². The van der Waals surface area contributed by atoms with Gasteiger partial charge in [-0.1, -0.05) is 109 Å². The molecule has 1 saturated heterocycles. The molecule has 0 aromatic heterocycles. The molecule has 0 aromatic rings. The van der Waals surface area contributed by atoms with E-state index in [0.29, 0.717) is 0 Å². The molecule has 1 aliphatic rings. The maximum atomic E-state index is 15.6. The molecule has 30 heteroatoms. The van der Waals surface area contributed by atoms with Crippen molar-refractivity contribution in [3.8, 4) is 0 Å². The molecule has 1 heterocycles. The Labute approximate surface area is 580 Å². The van der Waals surface area contributed by atoms with Crippen LogP contribution in [-0.2, 0) is 76.5 Å². The van der Waals surface area contributed by atoms with Crippen LogP contribution in [0, 0.1) is 41.4 Å². The molecule has 7 N–H and O–H groups in total. The van der Waals surface area contributed by atoms with Crippen molar-refractivity contribution in [1.82, 2.24) is 55.6 Å². The number of allylic oxidation sites excluding steroid dienone is 2. The van der Waals surface area contributed by atoms with Gasteiger partial charge in [0, 0.05) is 49.3 Å². The van der Waals surface area contributed by atoms with E-state index in [0.717, 1.165) is 19.6 Å². The summed E-state index contributed by atoms with van der Waals surface area (Å²) in [5.74, 6) is -14.1. The Morgan fingerprint density at radius 2 is 0.980 bits per heavy atom. The minimum absolute atomic E-state index is 0.0469. The standard InChI is InChI=1S/C68H118N12O18/c1-25-27-28-42(15)56(98-68(95)97-35-96-67(94)45(69)33-52(82)83)55-60(87)72-46(26-2)62(89)74(18)34-51(81)75(19)47(29-36(3)4)59(86)73-53(40(11)12)65(92)76(20)48(30-37(5)6)58(85)70-43(16)57(84)71-44(17)61(88)77(21)49(31-38(7)8)63(90)78(22)50(32-39(9)10)64(91)79(23)54(41(13)14)66(93)80(55)24/h25,27,36-50,53-56H,26,28-35,69H2,1-24H3,(H,70,85)(H,71,84)(H,72,87)(H,73,86)(H,82,83)/t42-,43?,44?,45+,46?,47+,48?,49?,50?,53?,54?,55?,56?/m1/s1. The van der Waals surface area contributed by atoms with Gasteiger partial charge in [0.15, 0.2) is 0 Å². The summed E-state index contributed by atoms with van der Waals surface area (Å²) in [6.07, 6.45) is -0.368. The first-order valence-electron chi connectivity index (χ1n) is 33.9. The number of hydrogen-bond donors (Lipinski definition) is 6. The van der Waals surface area contributed by atoms with Crippen molar-refractivity contribution in [2.75, 3.05) is 62.7 Å². The summed E-state index contributed by atoms with van der Waals surface area (Å²) in [5, 5.41) is 20.0. The third kappa shape index (κ3) is 26.1. The SMILES string of the molecule is CC=CC[C@@H](C)C(OC(=O)OCOC(=O)[C@@H](N)CC(=O)O)C1C(=O)NC(CC)C(=O)N(C)CC(=O)N(C)[C@@H](CC(C)C)C(=O)NC(C(C)C)C(=O)N(C)C(CC(C)C)C(=O)NC(C)C(=O)NC(C)C(=O)N(C)C(CC(C)C)C(=O)N(C)C(CC(C)C)C(=O)N(C)C(C(C)C)C(=O)N1C. The van der Waals surface area contributed by atoms with Gasteiger partial charge in [-0.3, -0.25) is 62.3 Å². The number of hydrogen-bond acceptors (Lipinski definition) is 18. The average Bonchev–Trinajstić information content (AvgIpc) is 0.799. The predicted molar refractivity (Wildman–Crippen MR) is 365 cm³/mol. The molecule has 10 unspecified atom stereocenters. The molecule has 0 saturated carbocycles. The topological polar surface area (TPSA) is 384 Å². The van der Waals surface area contributed by atoms with E-state index in [-0.39, 0.29) is 62.2 Å². The van der Waals surface area contributed by atoms with Crippen molar-refractivity contribution in [3.63, 3.8) is 0 Å². The summed E-state index contributed by atoms with van der Waals surface area (Å²) in [4.78, 5) is 208. The van der Waals surface area contributed by atoms with Crippen LogP contribution >= 0.6 is 0 Å². The second-order valence-electron chi connectivity index (χ2n) is 28.4. The third-order valence-corrected chi connectivity index (χ3v) is 17.3. The van der Waals surface area contributed by atoms with Gasteiger partial charge in [0.1, 0.15) is 72.6 Å². The molecule has 0 bridgehead atoms. The summed E-state index contributed by atoms with van der Waals surface area (Å²) < 4.78 is 15.9. The number of esters is 1. The number of nitrogens with one attached hydrogen (secondary N) is 4. The number of carboxylic acid groups (broad SMARTS) is 1. The number of aliphatic carboxylic acids is 1. The number of carbonyl (C=O) groups is 14. The molecule has 0 spiro atoms. The van der Waals surface area contributed by atoms with Crippen molar-refractivity contribution in [1.29, 1.82) is 0 Å². The number of carboxylic acids is 1. The lowest BCUT2D eigenvalue weighted by molar-refractivity contribution is -0.161. The van der Waals surface area contributed by atoms with Gasteiger partial charge in [-0.05, 0) is 101 Å². The average molecular weight is 1390 g/mol. The molecule has 0 radical (unpaired) electrons. The Bertz CT molecular complexity index is 2790. The van der Waals surface area contributed by atoms with Crippen LogP contribution in [0.1, 0.15) is 163 Å². The van der Waals surface area contributed by atoms with Crippen LogP contribution in [0.15, 0.2) is 12.2 Å². The Balaban J connectivity index is 4.54. The molecule has 1 aliphatic heterocycles. The molecule has 11 amide bonds. The zero-order chi connectivity index (χ0) is 75.8. The van der Waals surface area contributed by atoms with E-state index in [9.17, 15) is 47.9 Å². The first kappa shape index (κ1) is 88.1. The normalized spacial score (nSPS) is 25.0. The van der Waals surface area contributed by atoms with E-state index in [1.165, 1.54) is 77.9 Å². The monoisotopic (exact) mass is 1390 g/mol. The summed E-state index contributed by atoms with van der Waals surface area (Å²) in [6.45, 7) is 27.2. The first-order valence-corrected chi connectivity index (χ1v) is 33.9. The Morgan fingerprint density at radius 1 is 0.531 bits per heavy atom. The molecule has 1 fully saturated rings. The maximum absolute atomic E-state index is 15.6. The number of carbonyl (C=O) groups excluding carboxylic acids is 13. The molecule has 0 aromatic carbocycles. The molecule has 558 valence electrons. The van der Waals surface area contributed by atoms with Crippen LogP contribution < -0.4 is 27.0 Å². The van der Waals surface area contributed by atoms with Crippen molar-refractivity contribution in [2.45, 2.75) is 235 Å². The highest BCUT2D eigenvalue weighted by Crippen LogP contribution is 2.27. The number of nitrogens with two attached hydrogens (primary N) is 1. The first-order chi connectivity index (χ1) is 45.3. The largest absolute Gasteiger partial charge is 0.511 e. The lowest BCUT2D eigenvalue weighted by atomic mass is 9.91. The Kier molecular flexibility index (Phi) is 36.7. The molecule has 13 atom stereocenters. The number of nitrogens with zero attached hydrogens (tertiary/aromatic N) is 7. The lowest BCUT2D eigenvalue weighted by Crippen LogP contribution is -2.64. The highest BCUT2D eigenvalue weighted by molar-refractivity contribution is 6.00. The van der Waals surface area contributed by atoms with Gasteiger partial charge in [0.2, 0.25) is 71.8 Å². The van der Waals surface area contributed by atoms with Gasteiger partial charge in [0.25, 0.3) is 0 Å². The van der Waals surface area contributed by atoms with Gasteiger partial charge in [-0.2, -0.15) is 0 Å². The van der Waals surface area contributed by atoms with E-state index < -0.39 is 193 Å². The summed E-state index contributed by atoms with van der Waals surface area (Å²) in [5.41, 5.74) is 5.63. The second kappa shape index (κ2) is 40.8. The quantitative estimate of drug-likeness (QED) is 0.0546. The van der Waals surface area contributed by atoms with Gasteiger partial charge in [0.05, 0.1) is 13.0 Å². The Morgan fingerprint density at radius 3 is 1.45 bits per heavy atom. The zero-order valence-electron chi connectivity index (χ0n) is 62.6. The fourth-order valence-electron chi connectivity index (χ4n) is 11.5. The fraction of sp³-hybridized carbons (Fsp3) is 0.765. The number of rotatable bonds is 21.